The lowest BCUT2D eigenvalue weighted by atomic mass is 10.2. The Morgan fingerprint density at radius 3 is 2.24 bits per heavy atom. The van der Waals surface area contributed by atoms with Gasteiger partial charge in [0.15, 0.2) is 4.32 Å². The van der Waals surface area contributed by atoms with Crippen molar-refractivity contribution in [3.63, 3.8) is 0 Å². The molecule has 1 fully saturated rings. The number of halogens is 2. The quantitative estimate of drug-likeness (QED) is 0.496. The third-order valence-corrected chi connectivity index (χ3v) is 5.65. The lowest BCUT2D eigenvalue weighted by Crippen LogP contribution is -2.27. The van der Waals surface area contributed by atoms with Gasteiger partial charge in [-0.1, -0.05) is 53.2 Å². The molecule has 0 N–H and O–H groups in total. The Morgan fingerprint density at radius 1 is 1.08 bits per heavy atom. The smallest absolute Gasteiger partial charge is 0.270 e. The second kappa shape index (κ2) is 7.38. The fraction of sp³-hybridized carbons (Fsp3) is 0.111. The zero-order valence-electron chi connectivity index (χ0n) is 13.5. The number of hydrogen-bond acceptors (Lipinski definition) is 4. The van der Waals surface area contributed by atoms with Gasteiger partial charge < -0.3 is 4.90 Å². The zero-order chi connectivity index (χ0) is 18.1. The molecule has 7 heteroatoms. The molecule has 128 valence electrons. The van der Waals surface area contributed by atoms with Crippen LogP contribution in [0.15, 0.2) is 47.4 Å². The molecule has 1 saturated heterocycles. The van der Waals surface area contributed by atoms with Crippen LogP contribution < -0.4 is 9.80 Å². The van der Waals surface area contributed by atoms with Gasteiger partial charge in [0.2, 0.25) is 0 Å². The van der Waals surface area contributed by atoms with Crippen LogP contribution in [0, 0.1) is 0 Å². The molecule has 2 aromatic rings. The van der Waals surface area contributed by atoms with Crippen molar-refractivity contribution in [2.45, 2.75) is 0 Å². The second-order valence-corrected chi connectivity index (χ2v) is 8.05. The van der Waals surface area contributed by atoms with Crippen molar-refractivity contribution in [2.24, 2.45) is 0 Å². The average molecular weight is 409 g/mol. The number of thiocarbonyl (C=S) groups is 1. The van der Waals surface area contributed by atoms with Crippen LogP contribution in [0.5, 0.6) is 0 Å². The van der Waals surface area contributed by atoms with Crippen LogP contribution in [0.3, 0.4) is 0 Å². The summed E-state index contributed by atoms with van der Waals surface area (Å²) in [4.78, 5) is 16.8. The van der Waals surface area contributed by atoms with Crippen molar-refractivity contribution >= 4 is 74.9 Å². The maximum absolute atomic E-state index is 12.8. The molecule has 2 aromatic carbocycles. The van der Waals surface area contributed by atoms with E-state index in [1.807, 2.05) is 43.3 Å². The van der Waals surface area contributed by atoms with E-state index in [0.29, 0.717) is 24.8 Å². The molecule has 3 rings (SSSR count). The van der Waals surface area contributed by atoms with Crippen molar-refractivity contribution in [1.82, 2.24) is 0 Å². The monoisotopic (exact) mass is 408 g/mol. The molecule has 1 aliphatic rings. The third kappa shape index (κ3) is 3.70. The number of benzene rings is 2. The number of amides is 1. The summed E-state index contributed by atoms with van der Waals surface area (Å²) < 4.78 is 0.483. The Bertz CT molecular complexity index is 859. The van der Waals surface area contributed by atoms with Crippen LogP contribution in [-0.4, -0.2) is 24.3 Å². The largest absolute Gasteiger partial charge is 0.378 e. The minimum Gasteiger partial charge on any atom is -0.378 e. The van der Waals surface area contributed by atoms with Gasteiger partial charge in [0.05, 0.1) is 10.6 Å². The van der Waals surface area contributed by atoms with E-state index in [0.717, 1.165) is 11.4 Å². The third-order valence-electron chi connectivity index (χ3n) is 3.69. The van der Waals surface area contributed by atoms with Gasteiger partial charge in [-0.15, -0.1) is 0 Å². The van der Waals surface area contributed by atoms with Crippen LogP contribution in [0.4, 0.5) is 11.4 Å². The molecule has 0 unspecified atom stereocenters. The number of thioether (sulfide) groups is 1. The van der Waals surface area contributed by atoms with E-state index in [-0.39, 0.29) is 5.91 Å². The van der Waals surface area contributed by atoms with Gasteiger partial charge in [-0.05, 0) is 42.5 Å². The lowest BCUT2D eigenvalue weighted by Gasteiger charge is -2.17. The molecule has 0 saturated carbocycles. The number of hydrogen-bond donors (Lipinski definition) is 0. The average Bonchev–Trinajstić information content (AvgIpc) is 2.85. The van der Waals surface area contributed by atoms with E-state index in [1.165, 1.54) is 16.7 Å². The van der Waals surface area contributed by atoms with Gasteiger partial charge in [0.1, 0.15) is 0 Å². The molecule has 0 atom stereocenters. The van der Waals surface area contributed by atoms with Gasteiger partial charge in [-0.2, -0.15) is 0 Å². The van der Waals surface area contributed by atoms with Gasteiger partial charge in [-0.3, -0.25) is 9.69 Å². The summed E-state index contributed by atoms with van der Waals surface area (Å²) in [5.74, 6) is -0.177. The molecule has 3 nitrogen and oxygen atoms in total. The molecule has 0 aliphatic carbocycles. The maximum atomic E-state index is 12.8. The highest BCUT2D eigenvalue weighted by Crippen LogP contribution is 2.38. The van der Waals surface area contributed by atoms with Crippen molar-refractivity contribution in [3.8, 4) is 0 Å². The van der Waals surface area contributed by atoms with E-state index in [9.17, 15) is 4.79 Å². The molecule has 1 amide bonds. The Hall–Kier alpha value is -1.53. The van der Waals surface area contributed by atoms with Crippen molar-refractivity contribution in [2.75, 3.05) is 23.9 Å². The van der Waals surface area contributed by atoms with Crippen LogP contribution in [0.1, 0.15) is 5.56 Å². The van der Waals surface area contributed by atoms with Gasteiger partial charge >= 0.3 is 0 Å². The summed E-state index contributed by atoms with van der Waals surface area (Å²) >= 11 is 19.0. The summed E-state index contributed by atoms with van der Waals surface area (Å²) in [5, 5.41) is 0.987. The summed E-state index contributed by atoms with van der Waals surface area (Å²) in [7, 11) is 3.93. The SMILES string of the molecule is CN(C)c1ccc(N2C(=O)C(=Cc3c(Cl)cccc3Cl)SC2=S)cc1. The van der Waals surface area contributed by atoms with E-state index in [2.05, 4.69) is 0 Å². The van der Waals surface area contributed by atoms with Crippen LogP contribution in [0.2, 0.25) is 10.0 Å². The minimum absolute atomic E-state index is 0.177. The van der Waals surface area contributed by atoms with E-state index in [4.69, 9.17) is 35.4 Å². The number of anilines is 2. The minimum atomic E-state index is -0.177. The van der Waals surface area contributed by atoms with E-state index < -0.39 is 0 Å². The first-order valence-electron chi connectivity index (χ1n) is 7.38. The van der Waals surface area contributed by atoms with Crippen LogP contribution >= 0.6 is 47.2 Å². The molecular formula is C18H14Cl2N2OS2. The summed E-state index contributed by atoms with van der Waals surface area (Å²) in [6.45, 7) is 0. The first-order valence-corrected chi connectivity index (χ1v) is 9.36. The normalized spacial score (nSPS) is 16.0. The molecule has 0 bridgehead atoms. The molecule has 25 heavy (non-hydrogen) atoms. The summed E-state index contributed by atoms with van der Waals surface area (Å²) in [6.07, 6.45) is 1.69. The first-order chi connectivity index (χ1) is 11.9. The van der Waals surface area contributed by atoms with Gasteiger partial charge in [0, 0.05) is 35.4 Å². The molecule has 1 aliphatic heterocycles. The van der Waals surface area contributed by atoms with E-state index >= 15 is 0 Å². The van der Waals surface area contributed by atoms with Crippen molar-refractivity contribution in [1.29, 1.82) is 0 Å². The zero-order valence-corrected chi connectivity index (χ0v) is 16.6. The summed E-state index contributed by atoms with van der Waals surface area (Å²) in [6, 6.07) is 12.9. The van der Waals surface area contributed by atoms with Gasteiger partial charge in [0.25, 0.3) is 5.91 Å². The highest BCUT2D eigenvalue weighted by molar-refractivity contribution is 8.27. The van der Waals surface area contributed by atoms with Crippen LogP contribution in [0.25, 0.3) is 6.08 Å². The van der Waals surface area contributed by atoms with Crippen molar-refractivity contribution in [3.05, 3.63) is 63.0 Å². The molecule has 0 spiro atoms. The predicted octanol–water partition coefficient (Wildman–Crippen LogP) is 5.47. The highest BCUT2D eigenvalue weighted by atomic mass is 35.5. The Kier molecular flexibility index (Phi) is 5.39. The highest BCUT2D eigenvalue weighted by Gasteiger charge is 2.33. The van der Waals surface area contributed by atoms with Gasteiger partial charge in [-0.25, -0.2) is 0 Å². The predicted molar refractivity (Wildman–Crippen MR) is 113 cm³/mol. The lowest BCUT2D eigenvalue weighted by molar-refractivity contribution is -0.113. The van der Waals surface area contributed by atoms with Crippen LogP contribution in [-0.2, 0) is 4.79 Å². The topological polar surface area (TPSA) is 23.6 Å². The maximum Gasteiger partial charge on any atom is 0.270 e. The fourth-order valence-electron chi connectivity index (χ4n) is 2.37. The standard InChI is InChI=1S/C18H14Cl2N2OS2/c1-21(2)11-6-8-12(9-7-11)22-17(23)16(25-18(22)24)10-13-14(19)4-3-5-15(13)20/h3-10H,1-2H3. The Morgan fingerprint density at radius 2 is 1.68 bits per heavy atom. The molecule has 1 heterocycles. The second-order valence-electron chi connectivity index (χ2n) is 5.56. The number of rotatable bonds is 3. The fourth-order valence-corrected chi connectivity index (χ4v) is 4.16. The molecular weight excluding hydrogens is 395 g/mol. The van der Waals surface area contributed by atoms with E-state index in [1.54, 1.807) is 24.3 Å². The number of carbonyl (C=O) groups excluding carboxylic acids is 1. The Labute approximate surface area is 166 Å². The molecule has 0 aromatic heterocycles. The number of carbonyl (C=O) groups is 1. The Balaban J connectivity index is 1.94. The number of nitrogens with zero attached hydrogens (tertiary/aromatic N) is 2. The summed E-state index contributed by atoms with van der Waals surface area (Å²) in [5.41, 5.74) is 2.41. The van der Waals surface area contributed by atoms with Crippen molar-refractivity contribution < 1.29 is 4.79 Å². The first kappa shape index (κ1) is 18.3. The molecule has 0 radical (unpaired) electrons.